The third-order valence-corrected chi connectivity index (χ3v) is 5.06. The molecule has 2 rings (SSSR count). The summed E-state index contributed by atoms with van der Waals surface area (Å²) in [6, 6.07) is 7.76. The number of sulfone groups is 1. The van der Waals surface area contributed by atoms with Crippen molar-refractivity contribution in [1.29, 1.82) is 0 Å². The molecule has 0 atom stereocenters. The van der Waals surface area contributed by atoms with E-state index in [9.17, 15) is 8.42 Å². The van der Waals surface area contributed by atoms with Crippen LogP contribution in [0.3, 0.4) is 0 Å². The summed E-state index contributed by atoms with van der Waals surface area (Å²) in [5, 5.41) is 0.191. The second-order valence-electron chi connectivity index (χ2n) is 3.88. The van der Waals surface area contributed by atoms with E-state index in [1.807, 2.05) is 0 Å². The van der Waals surface area contributed by atoms with E-state index in [4.69, 9.17) is 33.4 Å². The molecule has 0 aliphatic heterocycles. The topological polar surface area (TPSA) is 73.3 Å². The maximum Gasteiger partial charge on any atom is 0.188 e. The standard InChI is InChI=1S/C12H11Cl2NO3S/c13-10-2-1-3-11(14)12(10)19(16,17)7-9-5-4-8(6-15)18-9/h1-5H,6-7,15H2. The number of halogens is 2. The van der Waals surface area contributed by atoms with E-state index in [2.05, 4.69) is 0 Å². The first kappa shape index (κ1) is 14.4. The van der Waals surface area contributed by atoms with Crippen LogP contribution >= 0.6 is 23.2 Å². The van der Waals surface area contributed by atoms with Crippen molar-refractivity contribution in [2.45, 2.75) is 17.2 Å². The van der Waals surface area contributed by atoms with Crippen molar-refractivity contribution in [3.63, 3.8) is 0 Å². The minimum atomic E-state index is -3.67. The summed E-state index contributed by atoms with van der Waals surface area (Å²) < 4.78 is 29.8. The fourth-order valence-corrected chi connectivity index (χ4v) is 4.16. The molecule has 0 spiro atoms. The first-order valence-corrected chi connectivity index (χ1v) is 7.79. The number of rotatable bonds is 4. The van der Waals surface area contributed by atoms with Crippen LogP contribution in [0.2, 0.25) is 10.0 Å². The summed E-state index contributed by atoms with van der Waals surface area (Å²) in [4.78, 5) is -0.0796. The van der Waals surface area contributed by atoms with Gasteiger partial charge in [-0.3, -0.25) is 0 Å². The van der Waals surface area contributed by atoms with Crippen molar-refractivity contribution in [2.24, 2.45) is 5.73 Å². The van der Waals surface area contributed by atoms with Crippen LogP contribution in [0.15, 0.2) is 39.6 Å². The zero-order valence-electron chi connectivity index (χ0n) is 9.77. The van der Waals surface area contributed by atoms with E-state index in [-0.39, 0.29) is 27.2 Å². The highest BCUT2D eigenvalue weighted by molar-refractivity contribution is 7.90. The fourth-order valence-electron chi connectivity index (χ4n) is 1.65. The second kappa shape index (κ2) is 5.54. The Bertz CT molecular complexity index is 675. The van der Waals surface area contributed by atoms with E-state index < -0.39 is 9.84 Å². The molecule has 0 saturated heterocycles. The molecule has 1 aromatic carbocycles. The Balaban J connectivity index is 2.38. The average Bonchev–Trinajstić information content (AvgIpc) is 2.75. The van der Waals surface area contributed by atoms with Crippen LogP contribution in [0.4, 0.5) is 0 Å². The van der Waals surface area contributed by atoms with Crippen molar-refractivity contribution in [1.82, 2.24) is 0 Å². The quantitative estimate of drug-likeness (QED) is 0.940. The minimum absolute atomic E-state index is 0.0796. The summed E-state index contributed by atoms with van der Waals surface area (Å²) in [5.41, 5.74) is 5.40. The van der Waals surface area contributed by atoms with Crippen LogP contribution in [-0.4, -0.2) is 8.42 Å². The SMILES string of the molecule is NCc1ccc(CS(=O)(=O)c2c(Cl)cccc2Cl)o1. The maximum atomic E-state index is 12.3. The number of benzene rings is 1. The average molecular weight is 320 g/mol. The van der Waals surface area contributed by atoms with Gasteiger partial charge in [-0.15, -0.1) is 0 Å². The second-order valence-corrected chi connectivity index (χ2v) is 6.62. The van der Waals surface area contributed by atoms with Gasteiger partial charge >= 0.3 is 0 Å². The van der Waals surface area contributed by atoms with Crippen LogP contribution in [0.5, 0.6) is 0 Å². The van der Waals surface area contributed by atoms with Gasteiger partial charge in [0.1, 0.15) is 22.2 Å². The molecular formula is C12H11Cl2NO3S. The number of nitrogens with two attached hydrogens (primary N) is 1. The normalized spacial score (nSPS) is 11.7. The lowest BCUT2D eigenvalue weighted by Gasteiger charge is -2.07. The molecule has 7 heteroatoms. The zero-order valence-corrected chi connectivity index (χ0v) is 12.1. The van der Waals surface area contributed by atoms with Gasteiger partial charge in [-0.1, -0.05) is 29.3 Å². The van der Waals surface area contributed by atoms with Crippen molar-refractivity contribution >= 4 is 33.0 Å². The fraction of sp³-hybridized carbons (Fsp3) is 0.167. The molecule has 0 radical (unpaired) electrons. The molecule has 1 aromatic heterocycles. The first-order valence-electron chi connectivity index (χ1n) is 5.38. The highest BCUT2D eigenvalue weighted by Gasteiger charge is 2.23. The van der Waals surface area contributed by atoms with Gasteiger partial charge in [0.15, 0.2) is 9.84 Å². The Kier molecular flexibility index (Phi) is 4.20. The largest absolute Gasteiger partial charge is 0.464 e. The van der Waals surface area contributed by atoms with Crippen molar-refractivity contribution in [2.75, 3.05) is 0 Å². The Morgan fingerprint density at radius 2 is 1.63 bits per heavy atom. The Morgan fingerprint density at radius 3 is 2.16 bits per heavy atom. The summed E-state index contributed by atoms with van der Waals surface area (Å²) in [6.45, 7) is 0.215. The predicted octanol–water partition coefficient (Wildman–Crippen LogP) is 3.02. The smallest absolute Gasteiger partial charge is 0.188 e. The summed E-state index contributed by atoms with van der Waals surface area (Å²) in [7, 11) is -3.67. The van der Waals surface area contributed by atoms with E-state index in [1.54, 1.807) is 18.2 Å². The van der Waals surface area contributed by atoms with Crippen LogP contribution < -0.4 is 5.73 Å². The van der Waals surface area contributed by atoms with Gasteiger partial charge in [0.2, 0.25) is 0 Å². The van der Waals surface area contributed by atoms with Crippen molar-refractivity contribution in [3.8, 4) is 0 Å². The minimum Gasteiger partial charge on any atom is -0.464 e. The van der Waals surface area contributed by atoms with Gasteiger partial charge in [0, 0.05) is 0 Å². The van der Waals surface area contributed by atoms with Crippen molar-refractivity contribution < 1.29 is 12.8 Å². The molecule has 0 aliphatic carbocycles. The van der Waals surface area contributed by atoms with E-state index >= 15 is 0 Å². The van der Waals surface area contributed by atoms with Crippen molar-refractivity contribution in [3.05, 3.63) is 51.9 Å². The molecule has 0 amide bonds. The molecule has 0 fully saturated rings. The lowest BCUT2D eigenvalue weighted by atomic mass is 10.4. The monoisotopic (exact) mass is 319 g/mol. The number of furan rings is 1. The Hall–Kier alpha value is -1.01. The Labute approximate surface area is 121 Å². The van der Waals surface area contributed by atoms with Gasteiger partial charge in [-0.2, -0.15) is 0 Å². The molecule has 1 heterocycles. The molecule has 2 N–H and O–H groups in total. The lowest BCUT2D eigenvalue weighted by Crippen LogP contribution is -2.06. The molecule has 4 nitrogen and oxygen atoms in total. The molecule has 0 aliphatic rings. The first-order chi connectivity index (χ1) is 8.94. The molecule has 0 saturated carbocycles. The van der Waals surface area contributed by atoms with Gasteiger partial charge < -0.3 is 10.2 Å². The third-order valence-electron chi connectivity index (χ3n) is 2.48. The zero-order chi connectivity index (χ0) is 14.0. The van der Waals surface area contributed by atoms with Crippen LogP contribution in [0, 0.1) is 0 Å². The molecule has 0 bridgehead atoms. The van der Waals surface area contributed by atoms with Gasteiger partial charge in [-0.25, -0.2) is 8.42 Å². The van der Waals surface area contributed by atoms with E-state index in [0.29, 0.717) is 11.5 Å². The highest BCUT2D eigenvalue weighted by atomic mass is 35.5. The van der Waals surface area contributed by atoms with E-state index in [1.165, 1.54) is 12.1 Å². The number of hydrogen-bond donors (Lipinski definition) is 1. The van der Waals surface area contributed by atoms with E-state index in [0.717, 1.165) is 0 Å². The third kappa shape index (κ3) is 3.12. The summed E-state index contributed by atoms with van der Waals surface area (Å²) in [5.74, 6) is 0.517. The molecule has 2 aromatic rings. The molecular weight excluding hydrogens is 309 g/mol. The summed E-state index contributed by atoms with van der Waals surface area (Å²) in [6.07, 6.45) is 0. The van der Waals surface area contributed by atoms with Gasteiger partial charge in [0.25, 0.3) is 0 Å². The molecule has 0 unspecified atom stereocenters. The maximum absolute atomic E-state index is 12.3. The molecule has 102 valence electrons. The predicted molar refractivity (Wildman–Crippen MR) is 74.0 cm³/mol. The summed E-state index contributed by atoms with van der Waals surface area (Å²) >= 11 is 11.8. The van der Waals surface area contributed by atoms with Crippen LogP contribution in [0.1, 0.15) is 11.5 Å². The lowest BCUT2D eigenvalue weighted by molar-refractivity contribution is 0.477. The van der Waals surface area contributed by atoms with Crippen LogP contribution in [-0.2, 0) is 22.1 Å². The number of hydrogen-bond acceptors (Lipinski definition) is 4. The molecule has 19 heavy (non-hydrogen) atoms. The highest BCUT2D eigenvalue weighted by Crippen LogP contribution is 2.31. The van der Waals surface area contributed by atoms with Gasteiger partial charge in [-0.05, 0) is 24.3 Å². The van der Waals surface area contributed by atoms with Gasteiger partial charge in [0.05, 0.1) is 16.6 Å². The van der Waals surface area contributed by atoms with Crippen LogP contribution in [0.25, 0.3) is 0 Å². The Morgan fingerprint density at radius 1 is 1.05 bits per heavy atom.